The molecule has 2 amide bonds. The van der Waals surface area contributed by atoms with Gasteiger partial charge >= 0.3 is 18.0 Å². The summed E-state index contributed by atoms with van der Waals surface area (Å²) < 4.78 is 33.6. The highest BCUT2D eigenvalue weighted by Crippen LogP contribution is 2.36. The zero-order valence-electron chi connectivity index (χ0n) is 33.0. The molecular formula is C39H62N2O12. The Labute approximate surface area is 314 Å². The number of Topliss-reactive ketones (excluding diaryl/α,β-unsaturated/α-hetero) is 1. The number of benzene rings is 1. The van der Waals surface area contributed by atoms with Crippen molar-refractivity contribution in [2.45, 2.75) is 118 Å². The first-order valence-corrected chi connectivity index (χ1v) is 18.5. The predicted molar refractivity (Wildman–Crippen MR) is 196 cm³/mol. The second-order valence-electron chi connectivity index (χ2n) is 15.1. The maximum absolute atomic E-state index is 13.6. The van der Waals surface area contributed by atoms with Crippen molar-refractivity contribution in [3.63, 3.8) is 0 Å². The number of carboxylic acid groups (broad SMARTS) is 1. The highest BCUT2D eigenvalue weighted by Gasteiger charge is 2.43. The van der Waals surface area contributed by atoms with Crippen LogP contribution in [0, 0.1) is 29.1 Å². The first-order chi connectivity index (χ1) is 24.9. The Morgan fingerprint density at radius 3 is 2.23 bits per heavy atom. The lowest BCUT2D eigenvalue weighted by molar-refractivity contribution is -0.167. The van der Waals surface area contributed by atoms with Gasteiger partial charge in [0.2, 0.25) is 12.2 Å². The van der Waals surface area contributed by atoms with Crippen molar-refractivity contribution < 1.29 is 57.5 Å². The summed E-state index contributed by atoms with van der Waals surface area (Å²) in [6.07, 6.45) is -0.621. The predicted octanol–water partition coefficient (Wildman–Crippen LogP) is 5.76. The molecule has 2 rings (SSSR count). The number of esters is 1. The number of carbonyl (C=O) groups excluding carboxylic acids is 4. The maximum atomic E-state index is 13.6. The van der Waals surface area contributed by atoms with E-state index in [1.54, 1.807) is 28.1 Å². The molecule has 1 fully saturated rings. The molecule has 14 heteroatoms. The number of hydrogen-bond donors (Lipinski definition) is 2. The van der Waals surface area contributed by atoms with Gasteiger partial charge in [-0.15, -0.1) is 0 Å². The zero-order chi connectivity index (χ0) is 39.9. The SMILES string of the molecule is COCCCOc1cc(C[C@@H](C[C@H]2[C@H](C[C@H](C(=O)CCC(C)(C)C(N)=O)C(C)C)OCN2C(=O)OC(C)OC(=O)CCC(=O)O)C(C)C)ccc1OC. The van der Waals surface area contributed by atoms with Crippen molar-refractivity contribution in [2.24, 2.45) is 34.8 Å². The minimum atomic E-state index is -1.27. The van der Waals surface area contributed by atoms with Crippen LogP contribution in [0.2, 0.25) is 0 Å². The minimum absolute atomic E-state index is 0.00346. The summed E-state index contributed by atoms with van der Waals surface area (Å²) in [6.45, 7) is 13.9. The molecule has 1 aromatic carbocycles. The second-order valence-corrected chi connectivity index (χ2v) is 15.1. The summed E-state index contributed by atoms with van der Waals surface area (Å²) in [5, 5.41) is 8.88. The lowest BCUT2D eigenvalue weighted by Gasteiger charge is -2.33. The molecule has 1 heterocycles. The third kappa shape index (κ3) is 14.8. The largest absolute Gasteiger partial charge is 0.493 e. The van der Waals surface area contributed by atoms with Gasteiger partial charge in [0.25, 0.3) is 0 Å². The number of nitrogens with two attached hydrogens (primary N) is 1. The fraction of sp³-hybridized carbons (Fsp3) is 0.718. The molecule has 0 radical (unpaired) electrons. The number of ether oxygens (including phenoxy) is 6. The summed E-state index contributed by atoms with van der Waals surface area (Å²) in [6, 6.07) is 5.34. The molecule has 1 saturated heterocycles. The maximum Gasteiger partial charge on any atom is 0.415 e. The molecule has 0 aromatic heterocycles. The molecule has 14 nitrogen and oxygen atoms in total. The van der Waals surface area contributed by atoms with Crippen molar-refractivity contribution in [3.8, 4) is 11.5 Å². The van der Waals surface area contributed by atoms with Crippen molar-refractivity contribution in [3.05, 3.63) is 23.8 Å². The van der Waals surface area contributed by atoms with E-state index in [1.165, 1.54) is 11.8 Å². The molecule has 0 bridgehead atoms. The van der Waals surface area contributed by atoms with Gasteiger partial charge in [-0.1, -0.05) is 47.6 Å². The average molecular weight is 751 g/mol. The van der Waals surface area contributed by atoms with Gasteiger partial charge in [0.05, 0.1) is 38.7 Å². The lowest BCUT2D eigenvalue weighted by atomic mass is 9.78. The quantitative estimate of drug-likeness (QED) is 0.0740. The summed E-state index contributed by atoms with van der Waals surface area (Å²) in [5.41, 5.74) is 5.75. The van der Waals surface area contributed by atoms with Gasteiger partial charge in [0, 0.05) is 44.8 Å². The third-order valence-electron chi connectivity index (χ3n) is 9.93. The van der Waals surface area contributed by atoms with Crippen LogP contribution in [0.1, 0.15) is 99.0 Å². The molecule has 53 heavy (non-hydrogen) atoms. The molecule has 1 aliphatic heterocycles. The number of carboxylic acids is 1. The molecule has 3 N–H and O–H groups in total. The summed E-state index contributed by atoms with van der Waals surface area (Å²) in [4.78, 5) is 63.7. The summed E-state index contributed by atoms with van der Waals surface area (Å²) in [5.74, 6) is -1.42. The number of amides is 2. The Hall–Kier alpha value is -3.91. The van der Waals surface area contributed by atoms with Crippen LogP contribution in [0.4, 0.5) is 4.79 Å². The van der Waals surface area contributed by atoms with E-state index < -0.39 is 60.1 Å². The van der Waals surface area contributed by atoms with Crippen molar-refractivity contribution >= 4 is 29.7 Å². The van der Waals surface area contributed by atoms with Crippen LogP contribution in [-0.2, 0) is 44.5 Å². The molecule has 1 aliphatic rings. The van der Waals surface area contributed by atoms with Gasteiger partial charge in [-0.2, -0.15) is 0 Å². The highest BCUT2D eigenvalue weighted by molar-refractivity contribution is 5.84. The van der Waals surface area contributed by atoms with Gasteiger partial charge < -0.3 is 39.3 Å². The third-order valence-corrected chi connectivity index (χ3v) is 9.93. The topological polar surface area (TPSA) is 190 Å². The molecule has 300 valence electrons. The summed E-state index contributed by atoms with van der Waals surface area (Å²) >= 11 is 0. The molecular weight excluding hydrogens is 688 g/mol. The molecule has 0 aliphatic carbocycles. The van der Waals surface area contributed by atoms with E-state index in [4.69, 9.17) is 39.3 Å². The van der Waals surface area contributed by atoms with E-state index in [9.17, 15) is 24.0 Å². The van der Waals surface area contributed by atoms with Crippen molar-refractivity contribution in [2.75, 3.05) is 34.2 Å². The van der Waals surface area contributed by atoms with Crippen LogP contribution in [-0.4, -0.2) is 92.3 Å². The van der Waals surface area contributed by atoms with E-state index in [0.29, 0.717) is 50.4 Å². The van der Waals surface area contributed by atoms with Gasteiger partial charge in [-0.05, 0) is 61.1 Å². The number of carbonyl (C=O) groups is 5. The Balaban J connectivity index is 2.37. The average Bonchev–Trinajstić information content (AvgIpc) is 3.48. The van der Waals surface area contributed by atoms with Crippen molar-refractivity contribution in [1.29, 1.82) is 0 Å². The van der Waals surface area contributed by atoms with E-state index in [1.807, 2.05) is 32.0 Å². The van der Waals surface area contributed by atoms with Crippen LogP contribution >= 0.6 is 0 Å². The normalized spacial score (nSPS) is 17.7. The fourth-order valence-electron chi connectivity index (χ4n) is 6.28. The second kappa shape index (κ2) is 21.7. The van der Waals surface area contributed by atoms with E-state index >= 15 is 0 Å². The Morgan fingerprint density at radius 1 is 0.943 bits per heavy atom. The summed E-state index contributed by atoms with van der Waals surface area (Å²) in [7, 11) is 3.23. The monoisotopic (exact) mass is 750 g/mol. The minimum Gasteiger partial charge on any atom is -0.493 e. The van der Waals surface area contributed by atoms with E-state index in [-0.39, 0.29) is 43.1 Å². The number of primary amides is 1. The van der Waals surface area contributed by atoms with Gasteiger partial charge in [0.1, 0.15) is 12.5 Å². The molecule has 1 unspecified atom stereocenters. The molecule has 5 atom stereocenters. The standard InChI is InChI=1S/C39H62N2O12/c1-24(2)28(19-27-11-12-32(49-9)34(20-27)50-18-10-17-48-8)21-30-33(22-29(25(3)4)31(42)15-16-39(6,7)37(40)46)51-23-41(30)38(47)53-26(5)52-36(45)14-13-35(43)44/h11-12,20,24-26,28-30,33H,10,13-19,21-23H2,1-9H3,(H2,40,46)(H,43,44)/t26?,28-,29-,30-,33-/m0/s1. The van der Waals surface area contributed by atoms with Crippen LogP contribution in [0.25, 0.3) is 0 Å². The highest BCUT2D eigenvalue weighted by atomic mass is 16.7. The first-order valence-electron chi connectivity index (χ1n) is 18.5. The first kappa shape index (κ1) is 45.2. The number of hydrogen-bond acceptors (Lipinski definition) is 11. The van der Waals surface area contributed by atoms with E-state index in [0.717, 1.165) is 12.0 Å². The number of rotatable bonds is 24. The Kier molecular flexibility index (Phi) is 18.5. The fourth-order valence-corrected chi connectivity index (χ4v) is 6.28. The Bertz CT molecular complexity index is 1360. The number of nitrogens with zero attached hydrogens (tertiary/aromatic N) is 1. The van der Waals surface area contributed by atoms with Gasteiger partial charge in [-0.25, -0.2) is 4.79 Å². The van der Waals surface area contributed by atoms with E-state index in [2.05, 4.69) is 13.8 Å². The number of aliphatic carboxylic acids is 1. The number of methoxy groups -OCH3 is 2. The van der Waals surface area contributed by atoms with Gasteiger partial charge in [-0.3, -0.25) is 24.1 Å². The van der Waals surface area contributed by atoms with Gasteiger partial charge in [0.15, 0.2) is 11.5 Å². The zero-order valence-corrected chi connectivity index (χ0v) is 33.0. The number of ketones is 1. The smallest absolute Gasteiger partial charge is 0.415 e. The molecule has 1 aromatic rings. The lowest BCUT2D eigenvalue weighted by Crippen LogP contribution is -2.44. The van der Waals surface area contributed by atoms with Crippen LogP contribution in [0.3, 0.4) is 0 Å². The van der Waals surface area contributed by atoms with Crippen molar-refractivity contribution in [1.82, 2.24) is 4.90 Å². The molecule has 0 spiro atoms. The van der Waals surface area contributed by atoms with Crippen LogP contribution in [0.15, 0.2) is 18.2 Å². The van der Waals surface area contributed by atoms with Crippen LogP contribution < -0.4 is 15.2 Å². The van der Waals surface area contributed by atoms with Crippen LogP contribution in [0.5, 0.6) is 11.5 Å². The Morgan fingerprint density at radius 2 is 1.64 bits per heavy atom. The molecule has 0 saturated carbocycles.